The zero-order chi connectivity index (χ0) is 16.7. The molecule has 0 fully saturated rings. The Labute approximate surface area is 135 Å². The monoisotopic (exact) mass is 318 g/mol. The molecule has 0 unspecified atom stereocenters. The quantitative estimate of drug-likeness (QED) is 0.376. The standard InChI is InChI=1S/C17H22N2O4/c1-13(23-17(21)15-8-11-19(22)12-9-15)16(20)18-10-7-14-5-3-2-4-6-14/h5,8-9,11-13H,2-4,6-7,10H2,1H3,(H,18,20)/t13-/m0/s1. The van der Waals surface area contributed by atoms with E-state index in [4.69, 9.17) is 4.74 Å². The number of nitrogens with zero attached hydrogens (tertiary/aromatic N) is 1. The molecule has 6 nitrogen and oxygen atoms in total. The van der Waals surface area contributed by atoms with Gasteiger partial charge in [0.05, 0.1) is 5.56 Å². The van der Waals surface area contributed by atoms with E-state index < -0.39 is 12.1 Å². The van der Waals surface area contributed by atoms with Gasteiger partial charge in [0.2, 0.25) is 0 Å². The molecule has 0 aromatic carbocycles. The topological polar surface area (TPSA) is 82.3 Å². The van der Waals surface area contributed by atoms with Crippen molar-refractivity contribution in [1.29, 1.82) is 0 Å². The number of hydrogen-bond acceptors (Lipinski definition) is 4. The van der Waals surface area contributed by atoms with Gasteiger partial charge in [0.1, 0.15) is 0 Å². The van der Waals surface area contributed by atoms with Gasteiger partial charge in [-0.15, -0.1) is 0 Å². The number of esters is 1. The fourth-order valence-corrected chi connectivity index (χ4v) is 2.45. The number of aromatic nitrogens is 1. The van der Waals surface area contributed by atoms with Crippen LogP contribution in [0.5, 0.6) is 0 Å². The zero-order valence-electron chi connectivity index (χ0n) is 13.3. The van der Waals surface area contributed by atoms with Crippen molar-refractivity contribution in [1.82, 2.24) is 5.32 Å². The first-order chi connectivity index (χ1) is 11.1. The van der Waals surface area contributed by atoms with Crippen LogP contribution in [0.1, 0.15) is 49.4 Å². The highest BCUT2D eigenvalue weighted by Gasteiger charge is 2.19. The summed E-state index contributed by atoms with van der Waals surface area (Å²) in [5.41, 5.74) is 1.63. The van der Waals surface area contributed by atoms with Gasteiger partial charge >= 0.3 is 5.97 Å². The average Bonchev–Trinajstić information content (AvgIpc) is 2.56. The lowest BCUT2D eigenvalue weighted by molar-refractivity contribution is -0.605. The molecule has 1 heterocycles. The van der Waals surface area contributed by atoms with Gasteiger partial charge in [-0.3, -0.25) is 4.79 Å². The number of carbonyl (C=O) groups is 2. The van der Waals surface area contributed by atoms with E-state index in [-0.39, 0.29) is 11.5 Å². The Morgan fingerprint density at radius 1 is 1.35 bits per heavy atom. The Morgan fingerprint density at radius 2 is 2.09 bits per heavy atom. The Balaban J connectivity index is 1.74. The molecule has 0 radical (unpaired) electrons. The molecule has 6 heteroatoms. The first kappa shape index (κ1) is 17.0. The highest BCUT2D eigenvalue weighted by molar-refractivity contribution is 5.91. The lowest BCUT2D eigenvalue weighted by Crippen LogP contribution is -2.36. The van der Waals surface area contributed by atoms with E-state index in [0.717, 1.165) is 19.3 Å². The molecule has 1 aromatic rings. The van der Waals surface area contributed by atoms with Crippen LogP contribution in [-0.4, -0.2) is 24.5 Å². The van der Waals surface area contributed by atoms with Crippen LogP contribution in [-0.2, 0) is 9.53 Å². The van der Waals surface area contributed by atoms with Gasteiger partial charge in [0, 0.05) is 18.7 Å². The maximum atomic E-state index is 11.9. The van der Waals surface area contributed by atoms with E-state index in [1.54, 1.807) is 0 Å². The minimum atomic E-state index is -0.873. The Kier molecular flexibility index (Phi) is 6.14. The van der Waals surface area contributed by atoms with Crippen molar-refractivity contribution in [2.45, 2.75) is 45.1 Å². The van der Waals surface area contributed by atoms with Crippen LogP contribution >= 0.6 is 0 Å². The number of carbonyl (C=O) groups excluding carboxylic acids is 2. The van der Waals surface area contributed by atoms with Crippen molar-refractivity contribution in [3.63, 3.8) is 0 Å². The van der Waals surface area contributed by atoms with E-state index >= 15 is 0 Å². The first-order valence-electron chi connectivity index (χ1n) is 7.91. The number of hydrogen-bond donors (Lipinski definition) is 1. The Morgan fingerprint density at radius 3 is 2.74 bits per heavy atom. The van der Waals surface area contributed by atoms with Crippen molar-refractivity contribution in [2.24, 2.45) is 0 Å². The fraction of sp³-hybridized carbons (Fsp3) is 0.471. The van der Waals surface area contributed by atoms with Crippen LogP contribution < -0.4 is 10.0 Å². The average molecular weight is 318 g/mol. The summed E-state index contributed by atoms with van der Waals surface area (Å²) in [6.07, 6.45) is 9.32. The zero-order valence-corrected chi connectivity index (χ0v) is 13.3. The molecule has 1 atom stereocenters. The SMILES string of the molecule is C[C@H](OC(=O)c1cc[n+]([O-])cc1)C(=O)NCCC1=CCCCC1. The van der Waals surface area contributed by atoms with Crippen LogP contribution in [0, 0.1) is 5.21 Å². The van der Waals surface area contributed by atoms with Gasteiger partial charge < -0.3 is 15.3 Å². The molecule has 124 valence electrons. The smallest absolute Gasteiger partial charge is 0.339 e. The summed E-state index contributed by atoms with van der Waals surface area (Å²) < 4.78 is 5.68. The summed E-state index contributed by atoms with van der Waals surface area (Å²) >= 11 is 0. The predicted octanol–water partition coefficient (Wildman–Crippen LogP) is 1.87. The second-order valence-corrected chi connectivity index (χ2v) is 5.64. The minimum absolute atomic E-state index is 0.240. The van der Waals surface area contributed by atoms with Gasteiger partial charge in [-0.2, -0.15) is 4.73 Å². The van der Waals surface area contributed by atoms with E-state index in [2.05, 4.69) is 11.4 Å². The molecule has 1 amide bonds. The number of nitrogens with one attached hydrogen (secondary N) is 1. The van der Waals surface area contributed by atoms with E-state index in [1.165, 1.54) is 49.9 Å². The molecule has 0 spiro atoms. The van der Waals surface area contributed by atoms with Crippen LogP contribution in [0.25, 0.3) is 0 Å². The molecule has 0 saturated carbocycles. The van der Waals surface area contributed by atoms with Crippen molar-refractivity contribution in [3.05, 3.63) is 46.9 Å². The number of pyridine rings is 1. The van der Waals surface area contributed by atoms with Gasteiger partial charge in [-0.1, -0.05) is 11.6 Å². The largest absolute Gasteiger partial charge is 0.619 e. The van der Waals surface area contributed by atoms with Gasteiger partial charge in [0.25, 0.3) is 5.91 Å². The van der Waals surface area contributed by atoms with Crippen molar-refractivity contribution >= 4 is 11.9 Å². The Hall–Kier alpha value is -2.37. The maximum Gasteiger partial charge on any atom is 0.339 e. The molecule has 23 heavy (non-hydrogen) atoms. The summed E-state index contributed by atoms with van der Waals surface area (Å²) in [6, 6.07) is 2.71. The van der Waals surface area contributed by atoms with E-state index in [0.29, 0.717) is 11.3 Å². The van der Waals surface area contributed by atoms with Gasteiger partial charge in [0.15, 0.2) is 18.5 Å². The lowest BCUT2D eigenvalue weighted by Gasteiger charge is -2.15. The van der Waals surface area contributed by atoms with Crippen LogP contribution in [0.2, 0.25) is 0 Å². The molecule has 1 aliphatic carbocycles. The van der Waals surface area contributed by atoms with Crippen molar-refractivity contribution in [2.75, 3.05) is 6.54 Å². The molecule has 1 aliphatic rings. The Bertz CT molecular complexity index is 581. The molecular formula is C17H22N2O4. The number of rotatable bonds is 6. The fourth-order valence-electron chi connectivity index (χ4n) is 2.45. The number of ether oxygens (including phenoxy) is 1. The summed E-state index contributed by atoms with van der Waals surface area (Å²) in [5, 5.41) is 13.7. The van der Waals surface area contributed by atoms with E-state index in [9.17, 15) is 14.8 Å². The van der Waals surface area contributed by atoms with E-state index in [1.807, 2.05) is 0 Å². The second kappa shape index (κ2) is 8.31. The summed E-state index contributed by atoms with van der Waals surface area (Å²) in [7, 11) is 0. The highest BCUT2D eigenvalue weighted by atomic mass is 16.5. The summed E-state index contributed by atoms with van der Waals surface area (Å²) in [5.74, 6) is -0.937. The van der Waals surface area contributed by atoms with Crippen molar-refractivity contribution < 1.29 is 19.1 Å². The van der Waals surface area contributed by atoms with Crippen LogP contribution in [0.3, 0.4) is 0 Å². The number of allylic oxidation sites excluding steroid dienone is 1. The maximum absolute atomic E-state index is 11.9. The third-order valence-corrected chi connectivity index (χ3v) is 3.82. The summed E-state index contributed by atoms with van der Waals surface area (Å²) in [6.45, 7) is 2.08. The van der Waals surface area contributed by atoms with Gasteiger partial charge in [-0.05, 0) is 39.0 Å². The summed E-state index contributed by atoms with van der Waals surface area (Å²) in [4.78, 5) is 23.8. The highest BCUT2D eigenvalue weighted by Crippen LogP contribution is 2.19. The predicted molar refractivity (Wildman–Crippen MR) is 84.5 cm³/mol. The molecule has 1 aromatic heterocycles. The third kappa shape index (κ3) is 5.39. The van der Waals surface area contributed by atoms with Crippen molar-refractivity contribution in [3.8, 4) is 0 Å². The lowest BCUT2D eigenvalue weighted by atomic mass is 9.97. The molecule has 0 aliphatic heterocycles. The van der Waals surface area contributed by atoms with Crippen LogP contribution in [0.15, 0.2) is 36.2 Å². The van der Waals surface area contributed by atoms with Crippen LogP contribution in [0.4, 0.5) is 0 Å². The third-order valence-electron chi connectivity index (χ3n) is 3.82. The first-order valence-corrected chi connectivity index (χ1v) is 7.91. The normalized spacial score (nSPS) is 15.4. The molecule has 2 rings (SSSR count). The molecule has 0 bridgehead atoms. The molecule has 1 N–H and O–H groups in total. The molecular weight excluding hydrogens is 296 g/mol. The number of amides is 1. The second-order valence-electron chi connectivity index (χ2n) is 5.64. The molecule has 0 saturated heterocycles. The van der Waals surface area contributed by atoms with Gasteiger partial charge in [-0.25, -0.2) is 4.79 Å². The minimum Gasteiger partial charge on any atom is -0.619 e.